The van der Waals surface area contributed by atoms with Crippen LogP contribution in [0.4, 0.5) is 10.5 Å². The first kappa shape index (κ1) is 14.6. The molecule has 1 fully saturated rings. The van der Waals surface area contributed by atoms with Gasteiger partial charge in [0, 0.05) is 18.7 Å². The van der Waals surface area contributed by atoms with Crippen molar-refractivity contribution in [1.29, 1.82) is 0 Å². The van der Waals surface area contributed by atoms with Gasteiger partial charge in [-0.1, -0.05) is 6.07 Å². The fourth-order valence-corrected chi connectivity index (χ4v) is 2.11. The number of hydrogen-bond donors (Lipinski definition) is 1. The average Bonchev–Trinajstić information content (AvgIpc) is 2.75. The Balaban J connectivity index is 2.17. The Morgan fingerprint density at radius 3 is 2.81 bits per heavy atom. The summed E-state index contributed by atoms with van der Waals surface area (Å²) in [6.45, 7) is 0.189. The fourth-order valence-electron chi connectivity index (χ4n) is 2.11. The SMILES string of the molecule is C#CCCCN1C(=O)CN(c2cccc(C(=O)O)c2)C1=O. The number of carboxylic acids is 1. The van der Waals surface area contributed by atoms with E-state index in [2.05, 4.69) is 5.92 Å². The molecule has 3 amide bonds. The van der Waals surface area contributed by atoms with Gasteiger partial charge < -0.3 is 5.11 Å². The Hall–Kier alpha value is -2.81. The molecule has 1 aromatic rings. The molecule has 0 bridgehead atoms. The minimum Gasteiger partial charge on any atom is -0.478 e. The van der Waals surface area contributed by atoms with Crippen LogP contribution in [0.3, 0.4) is 0 Å². The maximum absolute atomic E-state index is 12.2. The zero-order valence-corrected chi connectivity index (χ0v) is 11.3. The van der Waals surface area contributed by atoms with Crippen LogP contribution in [0.25, 0.3) is 0 Å². The topological polar surface area (TPSA) is 77.9 Å². The standard InChI is InChI=1S/C15H14N2O4/c1-2-3-4-8-16-13(18)10-17(15(16)21)12-7-5-6-11(9-12)14(19)20/h1,5-7,9H,3-4,8,10H2,(H,19,20). The summed E-state index contributed by atoms with van der Waals surface area (Å²) >= 11 is 0. The molecule has 0 spiro atoms. The Morgan fingerprint density at radius 1 is 1.38 bits per heavy atom. The van der Waals surface area contributed by atoms with E-state index in [0.29, 0.717) is 18.5 Å². The number of unbranched alkanes of at least 4 members (excludes halogenated alkanes) is 1. The second-order valence-corrected chi connectivity index (χ2v) is 4.58. The van der Waals surface area contributed by atoms with Crippen molar-refractivity contribution in [3.05, 3.63) is 29.8 Å². The molecular formula is C15H14N2O4. The minimum absolute atomic E-state index is 0.0681. The number of carbonyl (C=O) groups is 3. The van der Waals surface area contributed by atoms with Crippen LogP contribution in [0.1, 0.15) is 23.2 Å². The van der Waals surface area contributed by atoms with Crippen LogP contribution in [0.5, 0.6) is 0 Å². The fraction of sp³-hybridized carbons (Fsp3) is 0.267. The van der Waals surface area contributed by atoms with Gasteiger partial charge in [0.05, 0.1) is 5.56 Å². The van der Waals surface area contributed by atoms with Crippen molar-refractivity contribution in [1.82, 2.24) is 4.90 Å². The predicted octanol–water partition coefficient (Wildman–Crippen LogP) is 1.57. The summed E-state index contributed by atoms with van der Waals surface area (Å²) in [6, 6.07) is 5.50. The third-order valence-corrected chi connectivity index (χ3v) is 3.16. The Kier molecular flexibility index (Phi) is 4.24. The Bertz CT molecular complexity index is 633. The molecule has 21 heavy (non-hydrogen) atoms. The molecule has 108 valence electrons. The molecule has 1 heterocycles. The number of imide groups is 1. The van der Waals surface area contributed by atoms with Crippen molar-refractivity contribution < 1.29 is 19.5 Å². The third-order valence-electron chi connectivity index (χ3n) is 3.16. The molecule has 0 aliphatic carbocycles. The van der Waals surface area contributed by atoms with Crippen molar-refractivity contribution in [2.24, 2.45) is 0 Å². The van der Waals surface area contributed by atoms with E-state index in [0.717, 1.165) is 4.90 Å². The maximum atomic E-state index is 12.2. The number of amides is 3. The molecule has 1 aliphatic rings. The molecule has 0 atom stereocenters. The van der Waals surface area contributed by atoms with Gasteiger partial charge in [-0.15, -0.1) is 12.3 Å². The summed E-state index contributed by atoms with van der Waals surface area (Å²) in [5.74, 6) is 1.07. The number of benzene rings is 1. The number of terminal acetylenes is 1. The summed E-state index contributed by atoms with van der Waals surface area (Å²) in [5, 5.41) is 8.97. The highest BCUT2D eigenvalue weighted by Gasteiger charge is 2.36. The molecule has 6 heteroatoms. The molecule has 0 unspecified atom stereocenters. The van der Waals surface area contributed by atoms with Crippen molar-refractivity contribution in [3.8, 4) is 12.3 Å². The normalized spacial score (nSPS) is 14.4. The first-order valence-electron chi connectivity index (χ1n) is 6.43. The van der Waals surface area contributed by atoms with Crippen molar-refractivity contribution >= 4 is 23.6 Å². The quantitative estimate of drug-likeness (QED) is 0.506. The number of carbonyl (C=O) groups excluding carboxylic acids is 2. The summed E-state index contributed by atoms with van der Waals surface area (Å²) < 4.78 is 0. The number of rotatable bonds is 5. The van der Waals surface area contributed by atoms with Crippen LogP contribution in [0, 0.1) is 12.3 Å². The van der Waals surface area contributed by atoms with Crippen LogP contribution in [0.15, 0.2) is 24.3 Å². The maximum Gasteiger partial charge on any atom is 0.335 e. The third kappa shape index (κ3) is 3.03. The Labute approximate surface area is 122 Å². The van der Waals surface area contributed by atoms with Crippen molar-refractivity contribution in [2.75, 3.05) is 18.0 Å². The molecule has 1 saturated heterocycles. The summed E-state index contributed by atoms with van der Waals surface area (Å²) in [4.78, 5) is 37.5. The van der Waals surface area contributed by atoms with Gasteiger partial charge >= 0.3 is 12.0 Å². The molecule has 0 radical (unpaired) electrons. The van der Waals surface area contributed by atoms with Crippen LogP contribution in [-0.2, 0) is 4.79 Å². The van der Waals surface area contributed by atoms with E-state index < -0.39 is 12.0 Å². The van der Waals surface area contributed by atoms with Crippen LogP contribution < -0.4 is 4.90 Å². The average molecular weight is 286 g/mol. The molecule has 0 saturated carbocycles. The van der Waals surface area contributed by atoms with E-state index in [-0.39, 0.29) is 24.6 Å². The zero-order chi connectivity index (χ0) is 15.4. The van der Waals surface area contributed by atoms with E-state index in [1.807, 2.05) is 0 Å². The molecule has 2 rings (SSSR count). The lowest BCUT2D eigenvalue weighted by atomic mass is 10.2. The smallest absolute Gasteiger partial charge is 0.335 e. The zero-order valence-electron chi connectivity index (χ0n) is 11.3. The number of hydrogen-bond acceptors (Lipinski definition) is 3. The molecule has 1 N–H and O–H groups in total. The van der Waals surface area contributed by atoms with Gasteiger partial charge in [0.1, 0.15) is 6.54 Å². The van der Waals surface area contributed by atoms with E-state index in [4.69, 9.17) is 11.5 Å². The molecular weight excluding hydrogens is 272 g/mol. The lowest BCUT2D eigenvalue weighted by Gasteiger charge is -2.17. The van der Waals surface area contributed by atoms with E-state index in [9.17, 15) is 14.4 Å². The molecule has 1 aromatic carbocycles. The van der Waals surface area contributed by atoms with E-state index in [1.54, 1.807) is 6.07 Å². The van der Waals surface area contributed by atoms with Gasteiger partial charge in [-0.2, -0.15) is 0 Å². The number of aromatic carboxylic acids is 1. The number of nitrogens with zero attached hydrogens (tertiary/aromatic N) is 2. The lowest BCUT2D eigenvalue weighted by Crippen LogP contribution is -2.33. The van der Waals surface area contributed by atoms with Gasteiger partial charge in [0.25, 0.3) is 5.91 Å². The second kappa shape index (κ2) is 6.09. The number of carboxylic acid groups (broad SMARTS) is 1. The van der Waals surface area contributed by atoms with E-state index in [1.165, 1.54) is 23.1 Å². The molecule has 6 nitrogen and oxygen atoms in total. The van der Waals surface area contributed by atoms with Gasteiger partial charge in [-0.05, 0) is 24.6 Å². The Morgan fingerprint density at radius 2 is 2.14 bits per heavy atom. The predicted molar refractivity (Wildman–Crippen MR) is 75.9 cm³/mol. The number of anilines is 1. The molecule has 0 aromatic heterocycles. The number of urea groups is 1. The molecule has 1 aliphatic heterocycles. The minimum atomic E-state index is -1.08. The van der Waals surface area contributed by atoms with Crippen molar-refractivity contribution in [2.45, 2.75) is 12.8 Å². The van der Waals surface area contributed by atoms with Gasteiger partial charge in [-0.3, -0.25) is 14.6 Å². The first-order chi connectivity index (χ1) is 10.0. The van der Waals surface area contributed by atoms with Gasteiger partial charge in [-0.25, -0.2) is 9.59 Å². The van der Waals surface area contributed by atoms with Gasteiger partial charge in [0.2, 0.25) is 0 Å². The summed E-state index contributed by atoms with van der Waals surface area (Å²) in [7, 11) is 0. The second-order valence-electron chi connectivity index (χ2n) is 4.58. The highest BCUT2D eigenvalue weighted by Crippen LogP contribution is 2.22. The highest BCUT2D eigenvalue weighted by molar-refractivity contribution is 6.12. The monoisotopic (exact) mass is 286 g/mol. The van der Waals surface area contributed by atoms with Crippen LogP contribution in [0.2, 0.25) is 0 Å². The van der Waals surface area contributed by atoms with E-state index >= 15 is 0 Å². The van der Waals surface area contributed by atoms with Crippen LogP contribution in [-0.4, -0.2) is 41.0 Å². The summed E-state index contributed by atoms with van der Waals surface area (Å²) in [5.41, 5.74) is 0.464. The first-order valence-corrected chi connectivity index (χ1v) is 6.43. The van der Waals surface area contributed by atoms with Crippen molar-refractivity contribution in [3.63, 3.8) is 0 Å². The lowest BCUT2D eigenvalue weighted by molar-refractivity contribution is -0.124. The highest BCUT2D eigenvalue weighted by atomic mass is 16.4. The summed E-state index contributed by atoms with van der Waals surface area (Å²) in [6.07, 6.45) is 6.19. The largest absolute Gasteiger partial charge is 0.478 e. The van der Waals surface area contributed by atoms with Gasteiger partial charge in [0.15, 0.2) is 0 Å². The van der Waals surface area contributed by atoms with Crippen LogP contribution >= 0.6 is 0 Å².